The van der Waals surface area contributed by atoms with Crippen molar-refractivity contribution in [3.8, 4) is 0 Å². The second-order valence-corrected chi connectivity index (χ2v) is 3.98. The van der Waals surface area contributed by atoms with Crippen LogP contribution in [0.4, 0.5) is 4.79 Å². The lowest BCUT2D eigenvalue weighted by Gasteiger charge is -2.14. The first-order valence-corrected chi connectivity index (χ1v) is 5.25. The number of amides is 2. The lowest BCUT2D eigenvalue weighted by molar-refractivity contribution is -0.307. The minimum Gasteiger partial charge on any atom is -0.548 e. The van der Waals surface area contributed by atoms with E-state index in [2.05, 4.69) is 10.6 Å². The minimum atomic E-state index is -1.30. The Hall–Kier alpha value is -1.56. The van der Waals surface area contributed by atoms with E-state index in [1.807, 2.05) is 17.5 Å². The van der Waals surface area contributed by atoms with Crippen molar-refractivity contribution < 1.29 is 14.7 Å². The molecule has 6 heteroatoms. The molecule has 1 aromatic heterocycles. The quantitative estimate of drug-likeness (QED) is 0.740. The van der Waals surface area contributed by atoms with E-state index in [0.717, 1.165) is 4.88 Å². The highest BCUT2D eigenvalue weighted by atomic mass is 32.1. The van der Waals surface area contributed by atoms with E-state index in [0.29, 0.717) is 6.54 Å². The molecule has 0 spiro atoms. The molecule has 0 aliphatic carbocycles. The molecule has 1 rings (SSSR count). The summed E-state index contributed by atoms with van der Waals surface area (Å²) in [5, 5.41) is 17.0. The fourth-order valence-electron chi connectivity index (χ4n) is 0.887. The molecule has 0 aliphatic heterocycles. The zero-order valence-electron chi connectivity index (χ0n) is 8.15. The molecule has 0 bridgehead atoms. The second kappa shape index (κ2) is 5.35. The van der Waals surface area contributed by atoms with Gasteiger partial charge in [-0.1, -0.05) is 6.07 Å². The van der Waals surface area contributed by atoms with Gasteiger partial charge in [-0.25, -0.2) is 4.79 Å². The Balaban J connectivity index is 2.28. The molecule has 0 aliphatic rings. The van der Waals surface area contributed by atoms with Crippen molar-refractivity contribution in [2.45, 2.75) is 19.5 Å². The van der Waals surface area contributed by atoms with E-state index in [1.54, 1.807) is 0 Å². The van der Waals surface area contributed by atoms with Crippen LogP contribution in [0.2, 0.25) is 0 Å². The van der Waals surface area contributed by atoms with Gasteiger partial charge < -0.3 is 20.5 Å². The predicted molar refractivity (Wildman–Crippen MR) is 54.2 cm³/mol. The third-order valence-corrected chi connectivity index (χ3v) is 2.58. The summed E-state index contributed by atoms with van der Waals surface area (Å²) in [6.07, 6.45) is 0. The minimum absolute atomic E-state index is 0.392. The molecule has 15 heavy (non-hydrogen) atoms. The van der Waals surface area contributed by atoms with Crippen molar-refractivity contribution in [3.05, 3.63) is 22.4 Å². The number of thiophene rings is 1. The molecule has 1 atom stereocenters. The first-order chi connectivity index (χ1) is 7.09. The summed E-state index contributed by atoms with van der Waals surface area (Å²) in [4.78, 5) is 22.5. The van der Waals surface area contributed by atoms with Gasteiger partial charge >= 0.3 is 6.03 Å². The number of nitrogens with one attached hydrogen (secondary N) is 2. The second-order valence-electron chi connectivity index (χ2n) is 2.95. The first-order valence-electron chi connectivity index (χ1n) is 4.37. The molecule has 5 nitrogen and oxygen atoms in total. The normalized spacial score (nSPS) is 11.8. The third kappa shape index (κ3) is 3.99. The molecule has 82 valence electrons. The van der Waals surface area contributed by atoms with Crippen LogP contribution in [0.1, 0.15) is 11.8 Å². The van der Waals surface area contributed by atoms with Crippen LogP contribution in [0, 0.1) is 0 Å². The largest absolute Gasteiger partial charge is 0.548 e. The van der Waals surface area contributed by atoms with Gasteiger partial charge in [0.25, 0.3) is 0 Å². The van der Waals surface area contributed by atoms with Crippen molar-refractivity contribution in [1.82, 2.24) is 10.6 Å². The number of aliphatic carboxylic acids is 1. The Morgan fingerprint density at radius 2 is 2.33 bits per heavy atom. The number of rotatable bonds is 4. The predicted octanol–water partition coefficient (Wildman–Crippen LogP) is -0.314. The Morgan fingerprint density at radius 3 is 2.87 bits per heavy atom. The van der Waals surface area contributed by atoms with Gasteiger partial charge in [0, 0.05) is 4.88 Å². The highest BCUT2D eigenvalue weighted by Crippen LogP contribution is 2.06. The molecule has 2 N–H and O–H groups in total. The topological polar surface area (TPSA) is 81.3 Å². The SMILES string of the molecule is C[C@H](NC(=O)NCc1cccs1)C(=O)[O-]. The summed E-state index contributed by atoms with van der Waals surface area (Å²) in [5.41, 5.74) is 0. The summed E-state index contributed by atoms with van der Waals surface area (Å²) in [6, 6.07) is 2.25. The third-order valence-electron chi connectivity index (χ3n) is 1.70. The molecule has 0 saturated carbocycles. The highest BCUT2D eigenvalue weighted by Gasteiger charge is 2.06. The molecular weight excluding hydrogens is 216 g/mol. The van der Waals surface area contributed by atoms with Gasteiger partial charge in [-0.2, -0.15) is 0 Å². The van der Waals surface area contributed by atoms with Gasteiger partial charge in [-0.3, -0.25) is 0 Å². The maximum atomic E-state index is 11.1. The number of carbonyl (C=O) groups is 2. The standard InChI is InChI=1S/C9H12N2O3S/c1-6(8(12)13)11-9(14)10-5-7-3-2-4-15-7/h2-4,6H,5H2,1H3,(H,12,13)(H2,10,11,14)/p-1/t6-/m0/s1. The Kier molecular flexibility index (Phi) is 4.11. The molecule has 1 heterocycles. The van der Waals surface area contributed by atoms with Crippen LogP contribution in [0.25, 0.3) is 0 Å². The number of hydrogen-bond acceptors (Lipinski definition) is 4. The number of carboxylic acids is 1. The van der Waals surface area contributed by atoms with E-state index < -0.39 is 18.0 Å². The van der Waals surface area contributed by atoms with Crippen LogP contribution in [0.15, 0.2) is 17.5 Å². The Labute approximate surface area is 91.1 Å². The van der Waals surface area contributed by atoms with Gasteiger partial charge in [0.2, 0.25) is 0 Å². The van der Waals surface area contributed by atoms with E-state index in [1.165, 1.54) is 18.3 Å². The highest BCUT2D eigenvalue weighted by molar-refractivity contribution is 7.09. The molecule has 1 aromatic rings. The zero-order valence-corrected chi connectivity index (χ0v) is 8.97. The van der Waals surface area contributed by atoms with Crippen molar-refractivity contribution in [3.63, 3.8) is 0 Å². The van der Waals surface area contributed by atoms with Gasteiger partial charge in [0.15, 0.2) is 0 Å². The van der Waals surface area contributed by atoms with E-state index in [-0.39, 0.29) is 0 Å². The van der Waals surface area contributed by atoms with Gasteiger partial charge in [0.1, 0.15) is 0 Å². The number of carboxylic acid groups (broad SMARTS) is 1. The van der Waals surface area contributed by atoms with Crippen LogP contribution in [0.5, 0.6) is 0 Å². The van der Waals surface area contributed by atoms with Crippen molar-refractivity contribution in [1.29, 1.82) is 0 Å². The van der Waals surface area contributed by atoms with Crippen molar-refractivity contribution in [2.24, 2.45) is 0 Å². The van der Waals surface area contributed by atoms with Crippen LogP contribution >= 0.6 is 11.3 Å². The van der Waals surface area contributed by atoms with E-state index in [9.17, 15) is 14.7 Å². The van der Waals surface area contributed by atoms with Crippen LogP contribution in [0.3, 0.4) is 0 Å². The Bertz CT molecular complexity index is 337. The number of hydrogen-bond donors (Lipinski definition) is 2. The van der Waals surface area contributed by atoms with Crippen LogP contribution in [-0.4, -0.2) is 18.0 Å². The molecular formula is C9H11N2O3S-. The summed E-state index contributed by atoms with van der Waals surface area (Å²) < 4.78 is 0. The first kappa shape index (κ1) is 11.5. The fraction of sp³-hybridized carbons (Fsp3) is 0.333. The van der Waals surface area contributed by atoms with Gasteiger partial charge in [-0.15, -0.1) is 11.3 Å². The number of urea groups is 1. The molecule has 0 fully saturated rings. The van der Waals surface area contributed by atoms with Gasteiger partial charge in [0.05, 0.1) is 18.6 Å². The van der Waals surface area contributed by atoms with E-state index >= 15 is 0 Å². The molecule has 0 saturated heterocycles. The smallest absolute Gasteiger partial charge is 0.315 e. The fourth-order valence-corrected chi connectivity index (χ4v) is 1.53. The maximum absolute atomic E-state index is 11.1. The molecule has 2 amide bonds. The van der Waals surface area contributed by atoms with Crippen molar-refractivity contribution >= 4 is 23.3 Å². The summed E-state index contributed by atoms with van der Waals surface area (Å²) in [5.74, 6) is -1.30. The monoisotopic (exact) mass is 227 g/mol. The summed E-state index contributed by atoms with van der Waals surface area (Å²) >= 11 is 1.52. The summed E-state index contributed by atoms with van der Waals surface area (Å²) in [6.45, 7) is 1.74. The lowest BCUT2D eigenvalue weighted by atomic mass is 10.3. The molecule has 0 unspecified atom stereocenters. The molecule has 0 radical (unpaired) electrons. The van der Waals surface area contributed by atoms with Crippen LogP contribution < -0.4 is 15.7 Å². The zero-order chi connectivity index (χ0) is 11.3. The van der Waals surface area contributed by atoms with Crippen molar-refractivity contribution in [2.75, 3.05) is 0 Å². The average Bonchev–Trinajstić information content (AvgIpc) is 2.66. The van der Waals surface area contributed by atoms with Gasteiger partial charge in [-0.05, 0) is 18.4 Å². The average molecular weight is 227 g/mol. The lowest BCUT2D eigenvalue weighted by Crippen LogP contribution is -2.49. The summed E-state index contributed by atoms with van der Waals surface area (Å²) in [7, 11) is 0. The maximum Gasteiger partial charge on any atom is 0.315 e. The van der Waals surface area contributed by atoms with Crippen LogP contribution in [-0.2, 0) is 11.3 Å². The van der Waals surface area contributed by atoms with E-state index in [4.69, 9.17) is 0 Å². The number of carbonyl (C=O) groups excluding carboxylic acids is 2. The molecule has 0 aromatic carbocycles. The Morgan fingerprint density at radius 1 is 1.60 bits per heavy atom.